The first-order valence-corrected chi connectivity index (χ1v) is 6.76. The molecule has 1 heterocycles. The highest BCUT2D eigenvalue weighted by Crippen LogP contribution is 2.24. The fourth-order valence-corrected chi connectivity index (χ4v) is 2.28. The molecule has 1 saturated heterocycles. The maximum atomic E-state index is 12.0. The van der Waals surface area contributed by atoms with Crippen LogP contribution in [-0.4, -0.2) is 36.3 Å². The number of hydrogen-bond donors (Lipinski definition) is 1. The summed E-state index contributed by atoms with van der Waals surface area (Å²) in [6, 6.07) is 4.86. The quantitative estimate of drug-likeness (QED) is 0.929. The molecule has 4 nitrogen and oxygen atoms in total. The summed E-state index contributed by atoms with van der Waals surface area (Å²) < 4.78 is 39.9. The number of carbonyl (C=O) groups is 1. The number of halogens is 3. The van der Waals surface area contributed by atoms with Crippen molar-refractivity contribution < 1.29 is 22.7 Å². The Balaban J connectivity index is 1.92. The van der Waals surface area contributed by atoms with Crippen molar-refractivity contribution in [3.63, 3.8) is 0 Å². The van der Waals surface area contributed by atoms with E-state index >= 15 is 0 Å². The lowest BCUT2D eigenvalue weighted by Gasteiger charge is -2.22. The van der Waals surface area contributed by atoms with Crippen molar-refractivity contribution in [2.24, 2.45) is 0 Å². The van der Waals surface area contributed by atoms with E-state index in [-0.39, 0.29) is 17.7 Å². The van der Waals surface area contributed by atoms with E-state index in [0.717, 1.165) is 25.9 Å². The van der Waals surface area contributed by atoms with E-state index in [9.17, 15) is 18.0 Å². The van der Waals surface area contributed by atoms with E-state index in [4.69, 9.17) is 0 Å². The van der Waals surface area contributed by atoms with Gasteiger partial charge in [0.25, 0.3) is 0 Å². The van der Waals surface area contributed by atoms with Crippen molar-refractivity contribution in [2.45, 2.75) is 32.2 Å². The third-order valence-electron chi connectivity index (χ3n) is 3.42. The Bertz CT molecular complexity index is 482. The summed E-state index contributed by atoms with van der Waals surface area (Å²) in [5.74, 6) is -0.477. The van der Waals surface area contributed by atoms with Gasteiger partial charge in [0.2, 0.25) is 5.91 Å². The van der Waals surface area contributed by atoms with Crippen LogP contribution in [0.1, 0.15) is 19.8 Å². The van der Waals surface area contributed by atoms with Gasteiger partial charge >= 0.3 is 6.36 Å². The van der Waals surface area contributed by atoms with Crippen LogP contribution in [0, 0.1) is 0 Å². The summed E-state index contributed by atoms with van der Waals surface area (Å²) in [4.78, 5) is 14.1. The molecule has 1 aromatic carbocycles. The highest BCUT2D eigenvalue weighted by molar-refractivity contribution is 5.94. The van der Waals surface area contributed by atoms with Crippen LogP contribution in [0.15, 0.2) is 24.3 Å². The third-order valence-corrected chi connectivity index (χ3v) is 3.42. The highest BCUT2D eigenvalue weighted by Gasteiger charge is 2.31. The van der Waals surface area contributed by atoms with Gasteiger partial charge in [0.1, 0.15) is 5.75 Å². The number of benzene rings is 1. The number of carbonyl (C=O) groups excluding carboxylic acids is 1. The molecule has 1 fully saturated rings. The molecular formula is C14H17F3N2O2. The minimum absolute atomic E-state index is 0.165. The van der Waals surface area contributed by atoms with Gasteiger partial charge in [-0.3, -0.25) is 9.69 Å². The van der Waals surface area contributed by atoms with Crippen molar-refractivity contribution in [3.05, 3.63) is 24.3 Å². The summed E-state index contributed by atoms with van der Waals surface area (Å²) in [7, 11) is 0. The summed E-state index contributed by atoms with van der Waals surface area (Å²) in [6.07, 6.45) is -2.54. The monoisotopic (exact) mass is 302 g/mol. The van der Waals surface area contributed by atoms with Crippen molar-refractivity contribution >= 4 is 11.6 Å². The zero-order chi connectivity index (χ0) is 15.5. The first-order chi connectivity index (χ1) is 9.85. The number of hydrogen-bond acceptors (Lipinski definition) is 3. The maximum Gasteiger partial charge on any atom is 0.573 e. The molecule has 1 unspecified atom stereocenters. The number of alkyl halides is 3. The van der Waals surface area contributed by atoms with Crippen LogP contribution in [0.4, 0.5) is 18.9 Å². The summed E-state index contributed by atoms with van der Waals surface area (Å²) in [5.41, 5.74) is 0.445. The largest absolute Gasteiger partial charge is 0.573 e. The summed E-state index contributed by atoms with van der Waals surface area (Å²) in [6.45, 7) is 3.61. The molecule has 0 aromatic heterocycles. The van der Waals surface area contributed by atoms with Gasteiger partial charge < -0.3 is 10.1 Å². The SMILES string of the molecule is CC(C(=O)Nc1ccc(OC(F)(F)F)cc1)N1CCCC1. The lowest BCUT2D eigenvalue weighted by Crippen LogP contribution is -2.40. The van der Waals surface area contributed by atoms with Crippen LogP contribution in [0.3, 0.4) is 0 Å². The molecule has 0 bridgehead atoms. The molecule has 0 aliphatic carbocycles. The van der Waals surface area contributed by atoms with Crippen molar-refractivity contribution in [1.82, 2.24) is 4.90 Å². The van der Waals surface area contributed by atoms with Crippen LogP contribution in [-0.2, 0) is 4.79 Å². The molecule has 0 radical (unpaired) electrons. The Morgan fingerprint density at radius 1 is 1.24 bits per heavy atom. The zero-order valence-electron chi connectivity index (χ0n) is 11.6. The predicted octanol–water partition coefficient (Wildman–Crippen LogP) is 3.01. The molecule has 1 N–H and O–H groups in total. The molecule has 0 spiro atoms. The number of likely N-dealkylation sites (tertiary alicyclic amines) is 1. The van der Waals surface area contributed by atoms with Crippen LogP contribution in [0.5, 0.6) is 5.75 Å². The number of rotatable bonds is 4. The molecule has 116 valence electrons. The zero-order valence-corrected chi connectivity index (χ0v) is 11.6. The molecule has 7 heteroatoms. The molecule has 1 amide bonds. The minimum Gasteiger partial charge on any atom is -0.406 e. The fraction of sp³-hybridized carbons (Fsp3) is 0.500. The Kier molecular flexibility index (Phi) is 4.72. The molecule has 1 atom stereocenters. The number of nitrogens with zero attached hydrogens (tertiary/aromatic N) is 1. The van der Waals surface area contributed by atoms with Gasteiger partial charge in [-0.1, -0.05) is 0 Å². The molecule has 21 heavy (non-hydrogen) atoms. The van der Waals surface area contributed by atoms with Gasteiger partial charge in [0, 0.05) is 5.69 Å². The average molecular weight is 302 g/mol. The smallest absolute Gasteiger partial charge is 0.406 e. The average Bonchev–Trinajstić information content (AvgIpc) is 2.92. The van der Waals surface area contributed by atoms with E-state index in [1.54, 1.807) is 0 Å². The van der Waals surface area contributed by atoms with E-state index in [1.165, 1.54) is 24.3 Å². The lowest BCUT2D eigenvalue weighted by atomic mass is 10.2. The Labute approximate surface area is 120 Å². The molecule has 0 saturated carbocycles. The van der Waals surface area contributed by atoms with Crippen molar-refractivity contribution in [3.8, 4) is 5.75 Å². The second-order valence-electron chi connectivity index (χ2n) is 4.98. The van der Waals surface area contributed by atoms with Crippen LogP contribution < -0.4 is 10.1 Å². The van der Waals surface area contributed by atoms with Crippen LogP contribution in [0.2, 0.25) is 0 Å². The summed E-state index contributed by atoms with van der Waals surface area (Å²) >= 11 is 0. The minimum atomic E-state index is -4.71. The second-order valence-corrected chi connectivity index (χ2v) is 4.98. The van der Waals surface area contributed by atoms with E-state index in [1.807, 2.05) is 6.92 Å². The Morgan fingerprint density at radius 2 is 1.81 bits per heavy atom. The van der Waals surface area contributed by atoms with Gasteiger partial charge in [-0.25, -0.2) is 0 Å². The number of nitrogens with one attached hydrogen (secondary N) is 1. The van der Waals surface area contributed by atoms with Gasteiger partial charge in [-0.15, -0.1) is 13.2 Å². The number of amides is 1. The number of ether oxygens (including phenoxy) is 1. The normalized spacial score (nSPS) is 17.5. The second kappa shape index (κ2) is 6.34. The third kappa shape index (κ3) is 4.63. The standard InChI is InChI=1S/C14H17F3N2O2/c1-10(19-8-2-3-9-19)13(20)18-11-4-6-12(7-5-11)21-14(15,16)17/h4-7,10H,2-3,8-9H2,1H3,(H,18,20). The molecule has 1 aliphatic heterocycles. The summed E-state index contributed by atoms with van der Waals surface area (Å²) in [5, 5.41) is 2.69. The highest BCUT2D eigenvalue weighted by atomic mass is 19.4. The Morgan fingerprint density at radius 3 is 2.33 bits per heavy atom. The lowest BCUT2D eigenvalue weighted by molar-refractivity contribution is -0.274. The van der Waals surface area contributed by atoms with Crippen molar-refractivity contribution in [2.75, 3.05) is 18.4 Å². The maximum absolute atomic E-state index is 12.0. The predicted molar refractivity (Wildman–Crippen MR) is 72.0 cm³/mol. The van der Waals surface area contributed by atoms with Crippen LogP contribution in [0.25, 0.3) is 0 Å². The van der Waals surface area contributed by atoms with E-state index in [0.29, 0.717) is 5.69 Å². The molecular weight excluding hydrogens is 285 g/mol. The molecule has 1 aliphatic rings. The van der Waals surface area contributed by atoms with Gasteiger partial charge in [0.05, 0.1) is 6.04 Å². The van der Waals surface area contributed by atoms with Gasteiger partial charge in [-0.05, 0) is 57.1 Å². The topological polar surface area (TPSA) is 41.6 Å². The van der Waals surface area contributed by atoms with Crippen molar-refractivity contribution in [1.29, 1.82) is 0 Å². The first-order valence-electron chi connectivity index (χ1n) is 6.76. The van der Waals surface area contributed by atoms with E-state index in [2.05, 4.69) is 15.0 Å². The Hall–Kier alpha value is -1.76. The fourth-order valence-electron chi connectivity index (χ4n) is 2.28. The number of anilines is 1. The molecule has 1 aromatic rings. The molecule has 2 rings (SSSR count). The van der Waals surface area contributed by atoms with Crippen LogP contribution >= 0.6 is 0 Å². The van der Waals surface area contributed by atoms with Gasteiger partial charge in [0.15, 0.2) is 0 Å². The van der Waals surface area contributed by atoms with E-state index < -0.39 is 6.36 Å². The first kappa shape index (κ1) is 15.6. The van der Waals surface area contributed by atoms with Gasteiger partial charge in [-0.2, -0.15) is 0 Å².